The van der Waals surface area contributed by atoms with Crippen LogP contribution < -0.4 is 5.32 Å². The first-order chi connectivity index (χ1) is 11.8. The van der Waals surface area contributed by atoms with Crippen LogP contribution in [0.15, 0.2) is 42.5 Å². The number of carboxylic acids is 1. The van der Waals surface area contributed by atoms with Gasteiger partial charge in [-0.1, -0.05) is 11.6 Å². The normalized spacial score (nSPS) is 10.7. The molecule has 0 aliphatic carbocycles. The number of hydrogen-bond donors (Lipinski definition) is 2. The standard InChI is InChI=1S/C19H15FN2O3/c1-10-3-5-17(15(7-10)19(24)25)22-18(23)14-8-11(2)21-16-6-4-12(20)9-13(14)16/h3-9H,1-2H3,(H,22,23)(H,24,25). The first kappa shape index (κ1) is 16.6. The van der Waals surface area contributed by atoms with E-state index in [1.807, 2.05) is 0 Å². The molecule has 0 saturated heterocycles. The molecule has 1 heterocycles. The lowest BCUT2D eigenvalue weighted by Crippen LogP contribution is -2.16. The van der Waals surface area contributed by atoms with Crippen molar-refractivity contribution in [1.82, 2.24) is 4.98 Å². The van der Waals surface area contributed by atoms with E-state index in [1.165, 1.54) is 30.3 Å². The Morgan fingerprint density at radius 3 is 2.52 bits per heavy atom. The average molecular weight is 338 g/mol. The van der Waals surface area contributed by atoms with Gasteiger partial charge in [0.05, 0.1) is 22.3 Å². The highest BCUT2D eigenvalue weighted by molar-refractivity contribution is 6.14. The molecule has 3 rings (SSSR count). The van der Waals surface area contributed by atoms with Crippen molar-refractivity contribution >= 4 is 28.5 Å². The number of carboxylic acid groups (broad SMARTS) is 1. The molecule has 1 aromatic heterocycles. The number of aromatic nitrogens is 1. The second-order valence-corrected chi connectivity index (χ2v) is 5.78. The molecule has 0 aliphatic heterocycles. The fraction of sp³-hybridized carbons (Fsp3) is 0.105. The monoisotopic (exact) mass is 338 g/mol. The fourth-order valence-corrected chi connectivity index (χ4v) is 2.65. The minimum Gasteiger partial charge on any atom is -0.478 e. The largest absolute Gasteiger partial charge is 0.478 e. The first-order valence-electron chi connectivity index (χ1n) is 7.57. The zero-order chi connectivity index (χ0) is 18.1. The zero-order valence-corrected chi connectivity index (χ0v) is 13.6. The fourth-order valence-electron chi connectivity index (χ4n) is 2.65. The Bertz CT molecular complexity index is 1010. The molecule has 5 nitrogen and oxygen atoms in total. The number of fused-ring (bicyclic) bond motifs is 1. The second kappa shape index (κ2) is 6.32. The predicted molar refractivity (Wildman–Crippen MR) is 92.5 cm³/mol. The summed E-state index contributed by atoms with van der Waals surface area (Å²) in [7, 11) is 0. The summed E-state index contributed by atoms with van der Waals surface area (Å²) in [5.41, 5.74) is 2.28. The van der Waals surface area contributed by atoms with Crippen molar-refractivity contribution in [3.05, 3.63) is 70.7 Å². The minimum absolute atomic E-state index is 0.00499. The van der Waals surface area contributed by atoms with Crippen LogP contribution in [0.4, 0.5) is 10.1 Å². The summed E-state index contributed by atoms with van der Waals surface area (Å²) >= 11 is 0. The number of pyridine rings is 1. The van der Waals surface area contributed by atoms with Crippen LogP contribution in [0.5, 0.6) is 0 Å². The molecule has 2 N–H and O–H groups in total. The lowest BCUT2D eigenvalue weighted by atomic mass is 10.1. The molecule has 0 radical (unpaired) electrons. The number of halogens is 1. The van der Waals surface area contributed by atoms with Gasteiger partial charge in [-0.3, -0.25) is 9.78 Å². The number of nitrogens with one attached hydrogen (secondary N) is 1. The number of aryl methyl sites for hydroxylation is 2. The van der Waals surface area contributed by atoms with Crippen molar-refractivity contribution in [1.29, 1.82) is 0 Å². The van der Waals surface area contributed by atoms with Crippen LogP contribution >= 0.6 is 0 Å². The molecule has 0 atom stereocenters. The van der Waals surface area contributed by atoms with Crippen molar-refractivity contribution in [2.75, 3.05) is 5.32 Å². The van der Waals surface area contributed by atoms with E-state index in [2.05, 4.69) is 10.3 Å². The summed E-state index contributed by atoms with van der Waals surface area (Å²) in [5.74, 6) is -2.14. The van der Waals surface area contributed by atoms with Crippen molar-refractivity contribution < 1.29 is 19.1 Å². The van der Waals surface area contributed by atoms with Gasteiger partial charge in [0.25, 0.3) is 5.91 Å². The van der Waals surface area contributed by atoms with Crippen molar-refractivity contribution in [2.45, 2.75) is 13.8 Å². The van der Waals surface area contributed by atoms with Gasteiger partial charge in [-0.15, -0.1) is 0 Å². The molecule has 126 valence electrons. The maximum Gasteiger partial charge on any atom is 0.337 e. The zero-order valence-electron chi connectivity index (χ0n) is 13.6. The van der Waals surface area contributed by atoms with E-state index in [9.17, 15) is 19.1 Å². The van der Waals surface area contributed by atoms with Gasteiger partial charge >= 0.3 is 5.97 Å². The van der Waals surface area contributed by atoms with Crippen molar-refractivity contribution in [3.63, 3.8) is 0 Å². The summed E-state index contributed by atoms with van der Waals surface area (Å²) < 4.78 is 13.6. The third-order valence-electron chi connectivity index (χ3n) is 3.80. The molecule has 0 saturated carbocycles. The number of amides is 1. The lowest BCUT2D eigenvalue weighted by Gasteiger charge is -2.11. The summed E-state index contributed by atoms with van der Waals surface area (Å²) in [6, 6.07) is 10.3. The average Bonchev–Trinajstić information content (AvgIpc) is 2.55. The van der Waals surface area contributed by atoms with Crippen molar-refractivity contribution in [2.24, 2.45) is 0 Å². The van der Waals surface area contributed by atoms with Gasteiger partial charge in [0.2, 0.25) is 0 Å². The Hall–Kier alpha value is -3.28. The summed E-state index contributed by atoms with van der Waals surface area (Å²) in [6.45, 7) is 3.49. The number of carbonyl (C=O) groups excluding carboxylic acids is 1. The van der Waals surface area contributed by atoms with Crippen LogP contribution in [-0.2, 0) is 0 Å². The van der Waals surface area contributed by atoms with Crippen LogP contribution in [-0.4, -0.2) is 22.0 Å². The third-order valence-corrected chi connectivity index (χ3v) is 3.80. The molecule has 0 fully saturated rings. The number of benzene rings is 2. The Labute approximate surface area is 143 Å². The topological polar surface area (TPSA) is 79.3 Å². The number of anilines is 1. The van der Waals surface area contributed by atoms with Gasteiger partial charge in [0, 0.05) is 11.1 Å². The quantitative estimate of drug-likeness (QED) is 0.758. The van der Waals surface area contributed by atoms with Crippen LogP contribution in [0, 0.1) is 19.7 Å². The number of aromatic carboxylic acids is 1. The molecular weight excluding hydrogens is 323 g/mol. The van der Waals surface area contributed by atoms with Crippen LogP contribution in [0.3, 0.4) is 0 Å². The number of rotatable bonds is 3. The van der Waals surface area contributed by atoms with Gasteiger partial charge in [-0.25, -0.2) is 9.18 Å². The number of hydrogen-bond acceptors (Lipinski definition) is 3. The van der Waals surface area contributed by atoms with E-state index >= 15 is 0 Å². The molecule has 25 heavy (non-hydrogen) atoms. The highest BCUT2D eigenvalue weighted by Gasteiger charge is 2.17. The smallest absolute Gasteiger partial charge is 0.337 e. The molecule has 0 bridgehead atoms. The van der Waals surface area contributed by atoms with Gasteiger partial charge in [-0.2, -0.15) is 0 Å². The highest BCUT2D eigenvalue weighted by Crippen LogP contribution is 2.23. The van der Waals surface area contributed by atoms with E-state index in [0.717, 1.165) is 5.56 Å². The SMILES string of the molecule is Cc1ccc(NC(=O)c2cc(C)nc3ccc(F)cc23)c(C(=O)O)c1. The minimum atomic E-state index is -1.14. The van der Waals surface area contributed by atoms with Gasteiger partial charge in [-0.05, 0) is 50.2 Å². The summed E-state index contributed by atoms with van der Waals surface area (Å²) in [6.07, 6.45) is 0. The molecule has 0 aliphatic rings. The van der Waals surface area contributed by atoms with Gasteiger partial charge < -0.3 is 10.4 Å². The van der Waals surface area contributed by atoms with Crippen LogP contribution in [0.2, 0.25) is 0 Å². The van der Waals surface area contributed by atoms with E-state index in [4.69, 9.17) is 0 Å². The Morgan fingerprint density at radius 1 is 1.04 bits per heavy atom. The van der Waals surface area contributed by atoms with Crippen LogP contribution in [0.25, 0.3) is 10.9 Å². The van der Waals surface area contributed by atoms with E-state index in [-0.39, 0.29) is 16.8 Å². The molecule has 0 unspecified atom stereocenters. The molecule has 0 spiro atoms. The first-order valence-corrected chi connectivity index (χ1v) is 7.57. The van der Waals surface area contributed by atoms with Gasteiger partial charge in [0.15, 0.2) is 0 Å². The van der Waals surface area contributed by atoms with Gasteiger partial charge in [0.1, 0.15) is 5.82 Å². The summed E-state index contributed by atoms with van der Waals surface area (Å²) in [4.78, 5) is 28.4. The predicted octanol–water partition coefficient (Wildman–Crippen LogP) is 3.94. The maximum atomic E-state index is 13.6. The number of carbonyl (C=O) groups is 2. The Morgan fingerprint density at radius 2 is 1.80 bits per heavy atom. The molecule has 3 aromatic rings. The van der Waals surface area contributed by atoms with E-state index in [1.54, 1.807) is 26.0 Å². The maximum absolute atomic E-state index is 13.6. The van der Waals surface area contributed by atoms with Crippen molar-refractivity contribution in [3.8, 4) is 0 Å². The van der Waals surface area contributed by atoms with Crippen LogP contribution in [0.1, 0.15) is 32.0 Å². The van der Waals surface area contributed by atoms with E-state index < -0.39 is 17.7 Å². The van der Waals surface area contributed by atoms with E-state index in [0.29, 0.717) is 16.6 Å². The third kappa shape index (κ3) is 3.33. The highest BCUT2D eigenvalue weighted by atomic mass is 19.1. The number of nitrogens with zero attached hydrogens (tertiary/aromatic N) is 1. The summed E-state index contributed by atoms with van der Waals surface area (Å²) in [5, 5.41) is 12.3. The Balaban J connectivity index is 2.07. The molecule has 2 aromatic carbocycles. The molecular formula is C19H15FN2O3. The molecule has 1 amide bonds. The second-order valence-electron chi connectivity index (χ2n) is 5.78. The Kier molecular flexibility index (Phi) is 4.19. The molecule has 6 heteroatoms. The lowest BCUT2D eigenvalue weighted by molar-refractivity contribution is 0.0698.